The first-order valence-corrected chi connectivity index (χ1v) is 13.2. The van der Waals surface area contributed by atoms with Gasteiger partial charge in [-0.2, -0.15) is 0 Å². The Morgan fingerprint density at radius 2 is 1.32 bits per heavy atom. The van der Waals surface area contributed by atoms with Gasteiger partial charge in [-0.3, -0.25) is 0 Å². The summed E-state index contributed by atoms with van der Waals surface area (Å²) in [4.78, 5) is 2.13. The van der Waals surface area contributed by atoms with Gasteiger partial charge < -0.3 is 14.7 Å². The van der Waals surface area contributed by atoms with Gasteiger partial charge in [-0.15, -0.1) is 11.8 Å². The second-order valence-corrected chi connectivity index (χ2v) is 9.25. The first-order chi connectivity index (χ1) is 13.8. The third kappa shape index (κ3) is 16.7. The number of β-amino-alcohol motifs (C(OH)–C–C–N with tert-alkyl or cyclic N) is 1. The maximum absolute atomic E-state index is 9.93. The third-order valence-corrected chi connectivity index (χ3v) is 6.30. The van der Waals surface area contributed by atoms with Crippen LogP contribution in [0.1, 0.15) is 110 Å². The molecule has 1 atom stereocenters. The zero-order valence-electron chi connectivity index (χ0n) is 18.6. The molecule has 28 heavy (non-hydrogen) atoms. The van der Waals surface area contributed by atoms with Crippen LogP contribution in [0.25, 0.3) is 0 Å². The zero-order valence-corrected chi connectivity index (χ0v) is 19.4. The van der Waals surface area contributed by atoms with Crippen molar-refractivity contribution in [2.24, 2.45) is 0 Å². The molecule has 1 unspecified atom stereocenters. The summed E-state index contributed by atoms with van der Waals surface area (Å²) >= 11 is 1.77. The quantitative estimate of drug-likeness (QED) is 0.203. The Labute approximate surface area is 179 Å². The highest BCUT2D eigenvalue weighted by Gasteiger charge is 2.11. The van der Waals surface area contributed by atoms with E-state index in [0.29, 0.717) is 13.2 Å². The number of thioether (sulfide) groups is 1. The van der Waals surface area contributed by atoms with Crippen LogP contribution in [-0.2, 0) is 4.74 Å². The van der Waals surface area contributed by atoms with E-state index in [2.05, 4.69) is 17.2 Å². The van der Waals surface area contributed by atoms with Gasteiger partial charge in [-0.25, -0.2) is 0 Å². The molecule has 0 spiro atoms. The predicted octanol–water partition coefficient (Wildman–Crippen LogP) is 7.10. The van der Waals surface area contributed by atoms with E-state index in [1.54, 1.807) is 11.8 Å². The van der Waals surface area contributed by atoms with Gasteiger partial charge in [-0.1, -0.05) is 103 Å². The van der Waals surface area contributed by atoms with Crippen LogP contribution >= 0.6 is 11.8 Å². The summed E-state index contributed by atoms with van der Waals surface area (Å²) in [5, 5.41) is 12.0. The molecule has 0 amide bonds. The Morgan fingerprint density at radius 1 is 0.821 bits per heavy atom. The van der Waals surface area contributed by atoms with Crippen LogP contribution in [0.4, 0.5) is 0 Å². The molecule has 0 radical (unpaired) electrons. The number of ether oxygens (including phenoxy) is 1. The van der Waals surface area contributed by atoms with Crippen molar-refractivity contribution in [3.63, 3.8) is 0 Å². The molecule has 1 aliphatic rings. The highest BCUT2D eigenvalue weighted by molar-refractivity contribution is 8.02. The highest BCUT2D eigenvalue weighted by Crippen LogP contribution is 2.15. The Morgan fingerprint density at radius 3 is 1.79 bits per heavy atom. The fourth-order valence-corrected chi connectivity index (χ4v) is 4.45. The van der Waals surface area contributed by atoms with E-state index < -0.39 is 0 Å². The minimum absolute atomic E-state index is 0.371. The van der Waals surface area contributed by atoms with Crippen molar-refractivity contribution in [1.82, 2.24) is 4.90 Å². The minimum atomic E-state index is -0.371. The molecule has 0 aromatic carbocycles. The van der Waals surface area contributed by atoms with Crippen molar-refractivity contribution >= 4 is 11.8 Å². The number of aliphatic hydroxyl groups excluding tert-OH is 1. The molecule has 0 fully saturated rings. The van der Waals surface area contributed by atoms with E-state index >= 15 is 0 Å². The number of nitrogens with zero attached hydrogens (tertiary/aromatic N) is 1. The van der Waals surface area contributed by atoms with Gasteiger partial charge in [0.25, 0.3) is 0 Å². The summed E-state index contributed by atoms with van der Waals surface area (Å²) in [6.45, 7) is 4.23. The second-order valence-electron chi connectivity index (χ2n) is 8.38. The molecule has 0 aliphatic carbocycles. The highest BCUT2D eigenvalue weighted by atomic mass is 32.2. The predicted molar refractivity (Wildman–Crippen MR) is 125 cm³/mol. The number of unbranched alkanes of at least 4 members (excludes halogenated alkanes) is 15. The molecule has 0 saturated heterocycles. The Bertz CT molecular complexity index is 351. The lowest BCUT2D eigenvalue weighted by Crippen LogP contribution is -2.30. The molecular formula is C24H47NO2S. The van der Waals surface area contributed by atoms with Crippen LogP contribution < -0.4 is 0 Å². The van der Waals surface area contributed by atoms with Gasteiger partial charge in [0.05, 0.1) is 18.6 Å². The summed E-state index contributed by atoms with van der Waals surface area (Å²) in [7, 11) is 0. The summed E-state index contributed by atoms with van der Waals surface area (Å²) in [6.07, 6.45) is 24.0. The van der Waals surface area contributed by atoms with Crippen LogP contribution in [0.3, 0.4) is 0 Å². The van der Waals surface area contributed by atoms with Crippen molar-refractivity contribution < 1.29 is 9.84 Å². The molecule has 1 aliphatic heterocycles. The summed E-state index contributed by atoms with van der Waals surface area (Å²) in [5.74, 6) is 0.955. The average Bonchev–Trinajstić information content (AvgIpc) is 3.20. The van der Waals surface area contributed by atoms with Gasteiger partial charge in [0.15, 0.2) is 0 Å². The Kier molecular flexibility index (Phi) is 18.6. The monoisotopic (exact) mass is 413 g/mol. The van der Waals surface area contributed by atoms with E-state index in [9.17, 15) is 5.11 Å². The zero-order chi connectivity index (χ0) is 20.1. The maximum atomic E-state index is 9.93. The molecule has 0 aromatic rings. The number of rotatable bonds is 21. The smallest absolute Gasteiger partial charge is 0.0948 e. The summed E-state index contributed by atoms with van der Waals surface area (Å²) in [6, 6.07) is 0. The molecule has 4 heteroatoms. The van der Waals surface area contributed by atoms with Gasteiger partial charge >= 0.3 is 0 Å². The lowest BCUT2D eigenvalue weighted by molar-refractivity contribution is 0.0248. The lowest BCUT2D eigenvalue weighted by atomic mass is 10.0. The topological polar surface area (TPSA) is 32.7 Å². The van der Waals surface area contributed by atoms with E-state index in [0.717, 1.165) is 18.9 Å². The molecule has 1 N–H and O–H groups in total. The SMILES string of the molecule is CCCCCCCCCCCCCCCCCCOCC(O)CN1C=CSC1. The molecular weight excluding hydrogens is 366 g/mol. The normalized spacial score (nSPS) is 14.9. The van der Waals surface area contributed by atoms with Crippen LogP contribution in [0.5, 0.6) is 0 Å². The van der Waals surface area contributed by atoms with Crippen LogP contribution in [0.2, 0.25) is 0 Å². The average molecular weight is 414 g/mol. The minimum Gasteiger partial charge on any atom is -0.389 e. The van der Waals surface area contributed by atoms with E-state index in [4.69, 9.17) is 4.74 Å². The first kappa shape index (κ1) is 25.8. The Balaban J connectivity index is 1.68. The molecule has 0 bridgehead atoms. The Hall–Kier alpha value is -0.190. The lowest BCUT2D eigenvalue weighted by Gasteiger charge is -2.19. The van der Waals surface area contributed by atoms with Crippen molar-refractivity contribution in [2.75, 3.05) is 25.6 Å². The van der Waals surface area contributed by atoms with Gasteiger partial charge in [-0.05, 0) is 11.8 Å². The fraction of sp³-hybridized carbons (Fsp3) is 0.917. The summed E-state index contributed by atoms with van der Waals surface area (Å²) in [5.41, 5.74) is 0. The van der Waals surface area contributed by atoms with Gasteiger partial charge in [0, 0.05) is 19.4 Å². The van der Waals surface area contributed by atoms with Crippen LogP contribution in [0.15, 0.2) is 11.6 Å². The molecule has 166 valence electrons. The molecule has 3 nitrogen and oxygen atoms in total. The van der Waals surface area contributed by atoms with Crippen LogP contribution in [-0.4, -0.2) is 41.7 Å². The van der Waals surface area contributed by atoms with E-state index in [1.165, 1.54) is 96.3 Å². The van der Waals surface area contributed by atoms with E-state index in [-0.39, 0.29) is 6.10 Å². The second kappa shape index (κ2) is 20.1. The van der Waals surface area contributed by atoms with Crippen LogP contribution in [0, 0.1) is 0 Å². The molecule has 1 rings (SSSR count). The van der Waals surface area contributed by atoms with Gasteiger partial charge in [0.2, 0.25) is 0 Å². The maximum Gasteiger partial charge on any atom is 0.0948 e. The summed E-state index contributed by atoms with van der Waals surface area (Å²) < 4.78 is 5.62. The fourth-order valence-electron chi connectivity index (χ4n) is 3.72. The van der Waals surface area contributed by atoms with Gasteiger partial charge in [0.1, 0.15) is 0 Å². The first-order valence-electron chi connectivity index (χ1n) is 12.1. The number of hydrogen-bond donors (Lipinski definition) is 1. The number of hydrogen-bond acceptors (Lipinski definition) is 4. The van der Waals surface area contributed by atoms with Crippen molar-refractivity contribution in [2.45, 2.75) is 116 Å². The molecule has 0 saturated carbocycles. The third-order valence-electron chi connectivity index (χ3n) is 5.51. The molecule has 0 aromatic heterocycles. The van der Waals surface area contributed by atoms with Crippen molar-refractivity contribution in [3.8, 4) is 0 Å². The van der Waals surface area contributed by atoms with E-state index in [1.807, 2.05) is 6.20 Å². The molecule has 1 heterocycles. The van der Waals surface area contributed by atoms with Crippen molar-refractivity contribution in [3.05, 3.63) is 11.6 Å². The van der Waals surface area contributed by atoms with Crippen molar-refractivity contribution in [1.29, 1.82) is 0 Å². The largest absolute Gasteiger partial charge is 0.389 e. The number of aliphatic hydroxyl groups is 1. The standard InChI is InChI=1S/C24H47NO2S/c1-2-3-4-5-6-7-8-9-10-11-12-13-14-15-16-17-19-27-22-24(26)21-25-18-20-28-23-25/h18,20,24,26H,2-17,19,21-23H2,1H3.